The highest BCUT2D eigenvalue weighted by Gasteiger charge is 2.33. The number of nitrogens with one attached hydrogen (secondary N) is 1. The van der Waals surface area contributed by atoms with Crippen LogP contribution in [-0.4, -0.2) is 44.3 Å². The lowest BCUT2D eigenvalue weighted by Crippen LogP contribution is -2.52. The van der Waals surface area contributed by atoms with Crippen molar-refractivity contribution >= 4 is 27.5 Å². The molecule has 0 saturated carbocycles. The Labute approximate surface area is 237 Å². The van der Waals surface area contributed by atoms with Crippen LogP contribution in [0.15, 0.2) is 77.7 Å². The largest absolute Gasteiger partial charge is 0.354 e. The summed E-state index contributed by atoms with van der Waals surface area (Å²) in [6, 6.07) is 18.0. The predicted molar refractivity (Wildman–Crippen MR) is 156 cm³/mol. The number of hydrogen-bond donors (Lipinski definition) is 1. The van der Waals surface area contributed by atoms with Gasteiger partial charge in [0.25, 0.3) is 10.0 Å². The van der Waals surface area contributed by atoms with Gasteiger partial charge >= 0.3 is 0 Å². The number of unbranched alkanes of at least 4 members (excludes halogenated alkanes) is 1. The van der Waals surface area contributed by atoms with E-state index in [2.05, 4.69) is 5.32 Å². The molecule has 1 atom stereocenters. The molecule has 0 unspecified atom stereocenters. The number of hydrogen-bond acceptors (Lipinski definition) is 4. The first-order valence-corrected chi connectivity index (χ1v) is 15.0. The van der Waals surface area contributed by atoms with E-state index in [0.717, 1.165) is 46.0 Å². The molecule has 0 aliphatic heterocycles. The van der Waals surface area contributed by atoms with Crippen LogP contribution in [0.5, 0.6) is 0 Å². The van der Waals surface area contributed by atoms with E-state index in [-0.39, 0.29) is 23.0 Å². The summed E-state index contributed by atoms with van der Waals surface area (Å²) in [5.41, 5.74) is 2.83. The summed E-state index contributed by atoms with van der Waals surface area (Å²) >= 11 is 0. The van der Waals surface area contributed by atoms with E-state index in [0.29, 0.717) is 13.0 Å². The van der Waals surface area contributed by atoms with E-state index in [1.807, 2.05) is 52.0 Å². The van der Waals surface area contributed by atoms with Crippen molar-refractivity contribution in [3.63, 3.8) is 0 Å². The zero-order valence-corrected chi connectivity index (χ0v) is 24.4. The number of carbonyl (C=O) groups excluding carboxylic acids is 2. The van der Waals surface area contributed by atoms with Crippen LogP contribution < -0.4 is 9.62 Å². The second kappa shape index (κ2) is 14.1. The lowest BCUT2D eigenvalue weighted by Gasteiger charge is -2.33. The van der Waals surface area contributed by atoms with E-state index in [4.69, 9.17) is 0 Å². The van der Waals surface area contributed by atoms with Crippen molar-refractivity contribution in [1.82, 2.24) is 10.2 Å². The maximum Gasteiger partial charge on any atom is 0.264 e. The van der Waals surface area contributed by atoms with Crippen LogP contribution in [0.2, 0.25) is 0 Å². The van der Waals surface area contributed by atoms with Crippen molar-refractivity contribution in [3.8, 4) is 0 Å². The van der Waals surface area contributed by atoms with Crippen LogP contribution in [0.25, 0.3) is 0 Å². The number of rotatable bonds is 13. The Morgan fingerprint density at radius 2 is 1.57 bits per heavy atom. The molecule has 0 aliphatic carbocycles. The number of amides is 2. The highest BCUT2D eigenvalue weighted by molar-refractivity contribution is 7.92. The van der Waals surface area contributed by atoms with Crippen LogP contribution in [0.3, 0.4) is 0 Å². The zero-order chi connectivity index (χ0) is 29.3. The van der Waals surface area contributed by atoms with Crippen molar-refractivity contribution in [2.24, 2.45) is 0 Å². The van der Waals surface area contributed by atoms with Crippen LogP contribution >= 0.6 is 0 Å². The number of benzene rings is 3. The minimum Gasteiger partial charge on any atom is -0.354 e. The second-order valence-electron chi connectivity index (χ2n) is 9.82. The van der Waals surface area contributed by atoms with Gasteiger partial charge in [-0.15, -0.1) is 0 Å². The first-order valence-electron chi connectivity index (χ1n) is 13.5. The molecule has 3 rings (SSSR count). The molecule has 0 radical (unpaired) electrons. The Balaban J connectivity index is 2.04. The summed E-state index contributed by atoms with van der Waals surface area (Å²) in [6.07, 6.45) is 2.06. The molecule has 7 nitrogen and oxygen atoms in total. The molecule has 0 fully saturated rings. The fourth-order valence-electron chi connectivity index (χ4n) is 4.37. The quantitative estimate of drug-likeness (QED) is 0.282. The first kappa shape index (κ1) is 30.8. The fraction of sp³-hybridized carbons (Fsp3) is 0.355. The molecule has 2 amide bonds. The van der Waals surface area contributed by atoms with Crippen molar-refractivity contribution in [2.75, 3.05) is 17.4 Å². The first-order chi connectivity index (χ1) is 19.1. The third-order valence-electron chi connectivity index (χ3n) is 6.82. The predicted octanol–water partition coefficient (Wildman–Crippen LogP) is 5.36. The normalized spacial score (nSPS) is 12.0. The summed E-state index contributed by atoms with van der Waals surface area (Å²) in [4.78, 5) is 28.7. The molecule has 3 aromatic rings. The van der Waals surface area contributed by atoms with Crippen molar-refractivity contribution in [1.29, 1.82) is 0 Å². The maximum absolute atomic E-state index is 14.0. The van der Waals surface area contributed by atoms with E-state index in [1.54, 1.807) is 12.1 Å². The number of anilines is 1. The van der Waals surface area contributed by atoms with Gasteiger partial charge in [-0.2, -0.15) is 0 Å². The minimum absolute atomic E-state index is 0.00466. The number of sulfonamides is 1. The maximum atomic E-state index is 14.0. The van der Waals surface area contributed by atoms with Gasteiger partial charge in [-0.1, -0.05) is 62.2 Å². The van der Waals surface area contributed by atoms with E-state index < -0.39 is 34.3 Å². The van der Waals surface area contributed by atoms with Gasteiger partial charge in [0.05, 0.1) is 10.6 Å². The Hall–Kier alpha value is -3.72. The smallest absolute Gasteiger partial charge is 0.264 e. The fourth-order valence-corrected chi connectivity index (χ4v) is 5.78. The van der Waals surface area contributed by atoms with Crippen LogP contribution in [0, 0.1) is 19.7 Å². The molecule has 0 aromatic heterocycles. The van der Waals surface area contributed by atoms with E-state index in [1.165, 1.54) is 29.2 Å². The molecule has 3 aromatic carbocycles. The van der Waals surface area contributed by atoms with E-state index in [9.17, 15) is 22.4 Å². The van der Waals surface area contributed by atoms with Crippen LogP contribution in [0.4, 0.5) is 10.1 Å². The van der Waals surface area contributed by atoms with Gasteiger partial charge in [0.1, 0.15) is 18.4 Å². The van der Waals surface area contributed by atoms with Gasteiger partial charge in [0.15, 0.2) is 0 Å². The molecule has 0 spiro atoms. The Bertz CT molecular complexity index is 1390. The third kappa shape index (κ3) is 7.69. The summed E-state index contributed by atoms with van der Waals surface area (Å²) < 4.78 is 42.4. The van der Waals surface area contributed by atoms with Crippen molar-refractivity contribution in [3.05, 3.63) is 95.3 Å². The molecule has 0 saturated heterocycles. The third-order valence-corrected chi connectivity index (χ3v) is 8.61. The van der Waals surface area contributed by atoms with Crippen LogP contribution in [0.1, 0.15) is 49.8 Å². The monoisotopic (exact) mass is 567 g/mol. The van der Waals surface area contributed by atoms with Gasteiger partial charge in [0, 0.05) is 13.1 Å². The Morgan fingerprint density at radius 3 is 2.17 bits per heavy atom. The number of carbonyl (C=O) groups is 2. The standard InChI is InChI=1S/C31H38FN3O4S/c1-5-7-20-33-31(37)29(6-2)34(21-25-11-9-8-10-24(25)4)30(36)22-35(27-16-14-26(32)15-17-27)40(38,39)28-18-12-23(3)13-19-28/h8-19,29H,5-7,20-22H2,1-4H3,(H,33,37)/t29-/m0/s1. The van der Waals surface area contributed by atoms with Gasteiger partial charge in [-0.25, -0.2) is 12.8 Å². The summed E-state index contributed by atoms with van der Waals surface area (Å²) in [5, 5.41) is 2.92. The van der Waals surface area contributed by atoms with Crippen LogP contribution in [-0.2, 0) is 26.2 Å². The lowest BCUT2D eigenvalue weighted by atomic mass is 10.1. The Morgan fingerprint density at radius 1 is 0.925 bits per heavy atom. The SMILES string of the molecule is CCCCNC(=O)[C@H](CC)N(Cc1ccccc1C)C(=O)CN(c1ccc(F)cc1)S(=O)(=O)c1ccc(C)cc1. The van der Waals surface area contributed by atoms with Gasteiger partial charge in [-0.3, -0.25) is 13.9 Å². The number of aryl methyl sites for hydroxylation is 2. The number of nitrogens with zero attached hydrogens (tertiary/aromatic N) is 2. The van der Waals surface area contributed by atoms with Crippen molar-refractivity contribution < 1.29 is 22.4 Å². The summed E-state index contributed by atoms with van der Waals surface area (Å²) in [6.45, 7) is 7.67. The number of halogens is 1. The topological polar surface area (TPSA) is 86.8 Å². The highest BCUT2D eigenvalue weighted by atomic mass is 32.2. The molecule has 40 heavy (non-hydrogen) atoms. The molecule has 0 bridgehead atoms. The molecule has 1 N–H and O–H groups in total. The molecule has 9 heteroatoms. The summed E-state index contributed by atoms with van der Waals surface area (Å²) in [7, 11) is -4.20. The van der Waals surface area contributed by atoms with Gasteiger partial charge < -0.3 is 10.2 Å². The summed E-state index contributed by atoms with van der Waals surface area (Å²) in [5.74, 6) is -1.35. The molecule has 214 valence electrons. The Kier molecular flexibility index (Phi) is 10.8. The van der Waals surface area contributed by atoms with Crippen molar-refractivity contribution in [2.45, 2.75) is 64.4 Å². The van der Waals surface area contributed by atoms with Gasteiger partial charge in [-0.05, 0) is 74.2 Å². The molecular formula is C31H38FN3O4S. The minimum atomic E-state index is -4.20. The average molecular weight is 568 g/mol. The highest BCUT2D eigenvalue weighted by Crippen LogP contribution is 2.25. The second-order valence-corrected chi connectivity index (χ2v) is 11.7. The molecule has 0 aliphatic rings. The molecule has 0 heterocycles. The van der Waals surface area contributed by atoms with E-state index >= 15 is 0 Å². The molecular weight excluding hydrogens is 529 g/mol. The lowest BCUT2D eigenvalue weighted by molar-refractivity contribution is -0.140. The zero-order valence-electron chi connectivity index (χ0n) is 23.6. The average Bonchev–Trinajstić information content (AvgIpc) is 2.93. The van der Waals surface area contributed by atoms with Gasteiger partial charge in [0.2, 0.25) is 11.8 Å².